The summed E-state index contributed by atoms with van der Waals surface area (Å²) < 4.78 is 46.7. The number of aromatic carboxylic acids is 1. The van der Waals surface area contributed by atoms with Crippen LogP contribution in [0.25, 0.3) is 0 Å². The number of hydrogen-bond donors (Lipinski definition) is 1. The maximum atomic E-state index is 14.1. The first-order valence-electron chi connectivity index (χ1n) is 8.09. The van der Waals surface area contributed by atoms with Crippen LogP contribution in [0.1, 0.15) is 23.2 Å². The molecule has 7 nitrogen and oxygen atoms in total. The summed E-state index contributed by atoms with van der Waals surface area (Å²) in [4.78, 5) is 12.6. The van der Waals surface area contributed by atoms with Crippen LogP contribution in [0.15, 0.2) is 23.1 Å². The molecule has 0 bridgehead atoms. The monoisotopic (exact) mass is 372 g/mol. The van der Waals surface area contributed by atoms with E-state index in [-0.39, 0.29) is 24.3 Å². The molecule has 0 atom stereocenters. The summed E-state index contributed by atoms with van der Waals surface area (Å²) in [6.07, 6.45) is 1.05. The molecule has 1 aromatic carbocycles. The second kappa shape index (κ2) is 6.64. The van der Waals surface area contributed by atoms with Crippen molar-refractivity contribution >= 4 is 16.0 Å². The van der Waals surface area contributed by atoms with Crippen LogP contribution in [-0.4, -0.2) is 74.1 Å². The molecule has 2 aliphatic heterocycles. The fourth-order valence-electron chi connectivity index (χ4n) is 3.44. The van der Waals surface area contributed by atoms with Crippen molar-refractivity contribution in [1.29, 1.82) is 0 Å². The van der Waals surface area contributed by atoms with Crippen LogP contribution in [0.2, 0.25) is 0 Å². The van der Waals surface area contributed by atoms with E-state index >= 15 is 0 Å². The predicted octanol–water partition coefficient (Wildman–Crippen LogP) is 1.01. The first kappa shape index (κ1) is 18.2. The van der Waals surface area contributed by atoms with Crippen molar-refractivity contribution in [2.45, 2.75) is 23.3 Å². The number of morpholine rings is 1. The topological polar surface area (TPSA) is 87.2 Å². The first-order chi connectivity index (χ1) is 11.7. The van der Waals surface area contributed by atoms with E-state index in [1.807, 2.05) is 7.05 Å². The molecule has 138 valence electrons. The smallest absolute Gasteiger partial charge is 0.335 e. The Morgan fingerprint density at radius 3 is 2.56 bits per heavy atom. The van der Waals surface area contributed by atoms with Gasteiger partial charge in [-0.2, -0.15) is 4.31 Å². The van der Waals surface area contributed by atoms with Gasteiger partial charge in [-0.25, -0.2) is 17.6 Å². The highest BCUT2D eigenvalue weighted by atomic mass is 32.2. The fraction of sp³-hybridized carbons (Fsp3) is 0.562. The molecule has 2 heterocycles. The SMILES string of the molecule is CN1CCOC2(CCN(S(=O)(=O)c3cc(C(=O)O)ccc3F)CC2)C1. The van der Waals surface area contributed by atoms with Crippen LogP contribution >= 0.6 is 0 Å². The number of piperidine rings is 1. The average molecular weight is 372 g/mol. The molecule has 1 N–H and O–H groups in total. The third-order valence-electron chi connectivity index (χ3n) is 4.87. The predicted molar refractivity (Wildman–Crippen MR) is 87.5 cm³/mol. The van der Waals surface area contributed by atoms with E-state index in [2.05, 4.69) is 4.90 Å². The summed E-state index contributed by atoms with van der Waals surface area (Å²) in [7, 11) is -2.09. The van der Waals surface area contributed by atoms with Crippen LogP contribution in [0.5, 0.6) is 0 Å². The summed E-state index contributed by atoms with van der Waals surface area (Å²) in [6, 6.07) is 2.80. The molecule has 25 heavy (non-hydrogen) atoms. The number of sulfonamides is 1. The zero-order chi connectivity index (χ0) is 18.2. The molecular weight excluding hydrogens is 351 g/mol. The van der Waals surface area contributed by atoms with Gasteiger partial charge < -0.3 is 14.7 Å². The molecule has 0 saturated carbocycles. The van der Waals surface area contributed by atoms with Crippen LogP contribution in [0, 0.1) is 5.82 Å². The van der Waals surface area contributed by atoms with Crippen molar-refractivity contribution in [2.24, 2.45) is 0 Å². The Morgan fingerprint density at radius 2 is 1.96 bits per heavy atom. The minimum absolute atomic E-state index is 0.215. The Kier molecular flexibility index (Phi) is 4.84. The van der Waals surface area contributed by atoms with Gasteiger partial charge in [-0.15, -0.1) is 0 Å². The average Bonchev–Trinajstić information content (AvgIpc) is 2.55. The molecule has 2 fully saturated rings. The van der Waals surface area contributed by atoms with Gasteiger partial charge in [0.15, 0.2) is 0 Å². The summed E-state index contributed by atoms with van der Waals surface area (Å²) >= 11 is 0. The molecule has 0 radical (unpaired) electrons. The standard InChI is InChI=1S/C16H21FN2O5S/c1-18-8-9-24-16(11-18)4-6-19(7-5-16)25(22,23)14-10-12(15(20)21)2-3-13(14)17/h2-3,10H,4-9,11H2,1H3,(H,20,21). The molecule has 0 aliphatic carbocycles. The van der Waals surface area contributed by atoms with E-state index in [4.69, 9.17) is 9.84 Å². The van der Waals surface area contributed by atoms with Crippen LogP contribution in [-0.2, 0) is 14.8 Å². The van der Waals surface area contributed by atoms with E-state index < -0.39 is 26.7 Å². The number of nitrogens with zero attached hydrogens (tertiary/aromatic N) is 2. The molecule has 9 heteroatoms. The second-order valence-electron chi connectivity index (χ2n) is 6.62. The summed E-state index contributed by atoms with van der Waals surface area (Å²) in [5.41, 5.74) is -0.619. The van der Waals surface area contributed by atoms with E-state index in [9.17, 15) is 17.6 Å². The van der Waals surface area contributed by atoms with Crippen LogP contribution in [0.3, 0.4) is 0 Å². The number of ether oxygens (including phenoxy) is 1. The van der Waals surface area contributed by atoms with Crippen molar-refractivity contribution in [3.63, 3.8) is 0 Å². The van der Waals surface area contributed by atoms with E-state index in [0.29, 0.717) is 19.4 Å². The number of likely N-dealkylation sites (N-methyl/N-ethyl adjacent to an activating group) is 1. The maximum Gasteiger partial charge on any atom is 0.335 e. The van der Waals surface area contributed by atoms with E-state index in [1.165, 1.54) is 4.31 Å². The van der Waals surface area contributed by atoms with E-state index in [0.717, 1.165) is 31.3 Å². The van der Waals surface area contributed by atoms with E-state index in [1.54, 1.807) is 0 Å². The Bertz CT molecular complexity index is 775. The maximum absolute atomic E-state index is 14.1. The Morgan fingerprint density at radius 1 is 1.28 bits per heavy atom. The zero-order valence-corrected chi connectivity index (χ0v) is 14.8. The molecule has 1 spiro atoms. The normalized spacial score (nSPS) is 22.2. The number of hydrogen-bond acceptors (Lipinski definition) is 5. The molecule has 3 rings (SSSR count). The van der Waals surface area contributed by atoms with Crippen molar-refractivity contribution in [2.75, 3.05) is 39.8 Å². The van der Waals surface area contributed by atoms with Crippen molar-refractivity contribution in [1.82, 2.24) is 9.21 Å². The quantitative estimate of drug-likeness (QED) is 0.852. The number of carbonyl (C=O) groups is 1. The summed E-state index contributed by atoms with van der Waals surface area (Å²) in [5.74, 6) is -2.24. The highest BCUT2D eigenvalue weighted by Crippen LogP contribution is 2.32. The first-order valence-corrected chi connectivity index (χ1v) is 9.53. The van der Waals surface area contributed by atoms with Gasteiger partial charge in [0.2, 0.25) is 10.0 Å². The lowest BCUT2D eigenvalue weighted by Gasteiger charge is -2.46. The van der Waals surface area contributed by atoms with Gasteiger partial charge in [-0.1, -0.05) is 0 Å². The molecule has 0 aromatic heterocycles. The fourth-order valence-corrected chi connectivity index (χ4v) is 4.98. The molecule has 1 aromatic rings. The Balaban J connectivity index is 1.81. The minimum atomic E-state index is -4.09. The van der Waals surface area contributed by atoms with Gasteiger partial charge in [0.1, 0.15) is 10.7 Å². The van der Waals surface area contributed by atoms with Gasteiger partial charge in [0.05, 0.1) is 17.8 Å². The van der Waals surface area contributed by atoms with Crippen molar-refractivity contribution in [3.05, 3.63) is 29.6 Å². The highest BCUT2D eigenvalue weighted by Gasteiger charge is 2.42. The van der Waals surface area contributed by atoms with Gasteiger partial charge in [0, 0.05) is 26.2 Å². The van der Waals surface area contributed by atoms with Gasteiger partial charge >= 0.3 is 5.97 Å². The Labute approximate surface area is 146 Å². The third kappa shape index (κ3) is 3.55. The molecule has 0 amide bonds. The molecule has 2 aliphatic rings. The van der Waals surface area contributed by atoms with Crippen molar-refractivity contribution < 1.29 is 27.4 Å². The lowest BCUT2D eigenvalue weighted by Crippen LogP contribution is -2.56. The van der Waals surface area contributed by atoms with Crippen molar-refractivity contribution in [3.8, 4) is 0 Å². The third-order valence-corrected chi connectivity index (χ3v) is 6.78. The zero-order valence-electron chi connectivity index (χ0n) is 13.9. The van der Waals surface area contributed by atoms with Gasteiger partial charge in [-0.3, -0.25) is 0 Å². The molecule has 0 unspecified atom stereocenters. The number of benzene rings is 1. The Hall–Kier alpha value is -1.55. The van der Waals surface area contributed by atoms with Gasteiger partial charge in [-0.05, 0) is 38.1 Å². The summed E-state index contributed by atoms with van der Waals surface area (Å²) in [6.45, 7) is 2.62. The van der Waals surface area contributed by atoms with Crippen LogP contribution in [0.4, 0.5) is 4.39 Å². The number of carboxylic acid groups (broad SMARTS) is 1. The summed E-state index contributed by atoms with van der Waals surface area (Å²) in [5, 5.41) is 9.02. The second-order valence-corrected chi connectivity index (χ2v) is 8.53. The van der Waals surface area contributed by atoms with Crippen LogP contribution < -0.4 is 0 Å². The lowest BCUT2D eigenvalue weighted by molar-refractivity contribution is -0.124. The highest BCUT2D eigenvalue weighted by molar-refractivity contribution is 7.89. The lowest BCUT2D eigenvalue weighted by atomic mass is 9.90. The molecular formula is C16H21FN2O5S. The number of rotatable bonds is 3. The minimum Gasteiger partial charge on any atom is -0.478 e. The number of halogens is 1. The van der Waals surface area contributed by atoms with Gasteiger partial charge in [0.25, 0.3) is 0 Å². The largest absolute Gasteiger partial charge is 0.478 e. The number of carboxylic acids is 1. The molecule has 2 saturated heterocycles.